The molecule has 0 aliphatic carbocycles. The van der Waals surface area contributed by atoms with Crippen LogP contribution in [0.15, 0.2) is 24.3 Å². The summed E-state index contributed by atoms with van der Waals surface area (Å²) < 4.78 is 4.30. The summed E-state index contributed by atoms with van der Waals surface area (Å²) in [6.07, 6.45) is 1.68. The fourth-order valence-corrected chi connectivity index (χ4v) is 2.55. The van der Waals surface area contributed by atoms with E-state index in [-0.39, 0.29) is 11.8 Å². The Hall–Kier alpha value is -1.75. The number of amides is 1. The van der Waals surface area contributed by atoms with Crippen LogP contribution in [-0.2, 0) is 4.79 Å². The van der Waals surface area contributed by atoms with Gasteiger partial charge in [-0.3, -0.25) is 4.79 Å². The number of nitrogens with zero attached hydrogens (tertiary/aromatic N) is 2. The lowest BCUT2D eigenvalue weighted by molar-refractivity contribution is -0.120. The topological polar surface area (TPSA) is 54.9 Å². The van der Waals surface area contributed by atoms with Crippen LogP contribution in [-0.4, -0.2) is 15.3 Å². The number of aryl methyl sites for hydroxylation is 1. The number of aromatic nitrogens is 2. The summed E-state index contributed by atoms with van der Waals surface area (Å²) >= 11 is 1.22. The van der Waals surface area contributed by atoms with Crippen molar-refractivity contribution >= 4 is 22.6 Å². The van der Waals surface area contributed by atoms with E-state index < -0.39 is 0 Å². The second kappa shape index (κ2) is 6.61. The highest BCUT2D eigenvalue weighted by atomic mass is 32.1. The Kier molecular flexibility index (Phi) is 4.84. The molecule has 5 heteroatoms. The van der Waals surface area contributed by atoms with Gasteiger partial charge in [0.25, 0.3) is 0 Å². The molecule has 20 heavy (non-hydrogen) atoms. The number of hydrogen-bond donors (Lipinski definition) is 1. The zero-order valence-corrected chi connectivity index (χ0v) is 12.8. The van der Waals surface area contributed by atoms with E-state index in [0.717, 1.165) is 18.4 Å². The monoisotopic (exact) mass is 289 g/mol. The summed E-state index contributed by atoms with van der Waals surface area (Å²) in [5.74, 6) is 0.734. The molecule has 1 N–H and O–H groups in total. The highest BCUT2D eigenvalue weighted by Crippen LogP contribution is 2.22. The molecular formula is C15H19N3OS. The van der Waals surface area contributed by atoms with Gasteiger partial charge >= 0.3 is 0 Å². The number of rotatable bonds is 5. The first-order valence-corrected chi connectivity index (χ1v) is 7.63. The van der Waals surface area contributed by atoms with Gasteiger partial charge in [-0.15, -0.1) is 0 Å². The van der Waals surface area contributed by atoms with E-state index in [1.54, 1.807) is 0 Å². The zero-order valence-electron chi connectivity index (χ0n) is 12.0. The number of nitrogens with one attached hydrogen (secondary N) is 1. The summed E-state index contributed by atoms with van der Waals surface area (Å²) in [6.45, 7) is 6.08. The molecule has 106 valence electrons. The SMILES string of the molecule is CCC(CC)C(=O)Nc1nc(-c2ccc(C)cc2)ns1. The van der Waals surface area contributed by atoms with Crippen molar-refractivity contribution in [3.05, 3.63) is 29.8 Å². The maximum Gasteiger partial charge on any atom is 0.229 e. The molecule has 1 aromatic heterocycles. The standard InChI is InChI=1S/C15H19N3OS/c1-4-11(5-2)14(19)17-15-16-13(18-20-15)12-8-6-10(3)7-9-12/h6-9,11H,4-5H2,1-3H3,(H,16,17,18,19). The molecular weight excluding hydrogens is 270 g/mol. The van der Waals surface area contributed by atoms with Gasteiger partial charge in [-0.25, -0.2) is 0 Å². The Morgan fingerprint density at radius 1 is 1.25 bits per heavy atom. The van der Waals surface area contributed by atoms with Gasteiger partial charge in [0.1, 0.15) is 0 Å². The minimum Gasteiger partial charge on any atom is -0.300 e. The van der Waals surface area contributed by atoms with Crippen molar-refractivity contribution in [2.45, 2.75) is 33.6 Å². The van der Waals surface area contributed by atoms with Crippen molar-refractivity contribution in [3.63, 3.8) is 0 Å². The van der Waals surface area contributed by atoms with Gasteiger partial charge in [-0.1, -0.05) is 43.7 Å². The molecule has 0 aliphatic heterocycles. The first-order valence-electron chi connectivity index (χ1n) is 6.85. The Balaban J connectivity index is 2.09. The summed E-state index contributed by atoms with van der Waals surface area (Å²) in [4.78, 5) is 16.4. The summed E-state index contributed by atoms with van der Waals surface area (Å²) in [5, 5.41) is 3.42. The summed E-state index contributed by atoms with van der Waals surface area (Å²) in [5.41, 5.74) is 2.17. The van der Waals surface area contributed by atoms with Crippen molar-refractivity contribution in [2.75, 3.05) is 5.32 Å². The molecule has 0 unspecified atom stereocenters. The molecule has 2 aromatic rings. The van der Waals surface area contributed by atoms with Crippen LogP contribution in [0.4, 0.5) is 5.13 Å². The van der Waals surface area contributed by atoms with Crippen molar-refractivity contribution in [1.29, 1.82) is 0 Å². The molecule has 0 aliphatic rings. The van der Waals surface area contributed by atoms with Crippen LogP contribution in [0, 0.1) is 12.8 Å². The molecule has 0 bridgehead atoms. The third kappa shape index (κ3) is 3.42. The normalized spacial score (nSPS) is 10.8. The van der Waals surface area contributed by atoms with E-state index in [1.165, 1.54) is 17.1 Å². The quantitative estimate of drug-likeness (QED) is 0.908. The van der Waals surface area contributed by atoms with Crippen LogP contribution in [0.25, 0.3) is 11.4 Å². The van der Waals surface area contributed by atoms with Gasteiger partial charge in [0.2, 0.25) is 11.0 Å². The highest BCUT2D eigenvalue weighted by molar-refractivity contribution is 7.10. The zero-order chi connectivity index (χ0) is 14.5. The Bertz CT molecular complexity index is 573. The summed E-state index contributed by atoms with van der Waals surface area (Å²) in [6, 6.07) is 8.03. The maximum absolute atomic E-state index is 12.0. The fraction of sp³-hybridized carbons (Fsp3) is 0.400. The molecule has 0 saturated carbocycles. The summed E-state index contributed by atoms with van der Waals surface area (Å²) in [7, 11) is 0. The van der Waals surface area contributed by atoms with Crippen LogP contribution in [0.3, 0.4) is 0 Å². The molecule has 0 fully saturated rings. The van der Waals surface area contributed by atoms with Crippen molar-refractivity contribution in [1.82, 2.24) is 9.36 Å². The third-order valence-electron chi connectivity index (χ3n) is 3.32. The number of benzene rings is 1. The molecule has 0 radical (unpaired) electrons. The van der Waals surface area contributed by atoms with Crippen molar-refractivity contribution < 1.29 is 4.79 Å². The molecule has 1 amide bonds. The van der Waals surface area contributed by atoms with Gasteiger partial charge in [-0.2, -0.15) is 9.36 Å². The van der Waals surface area contributed by atoms with Crippen LogP contribution in [0.5, 0.6) is 0 Å². The number of hydrogen-bond acceptors (Lipinski definition) is 4. The Morgan fingerprint density at radius 2 is 1.90 bits per heavy atom. The van der Waals surface area contributed by atoms with Gasteiger partial charge < -0.3 is 5.32 Å². The molecule has 1 aromatic carbocycles. The number of carbonyl (C=O) groups excluding carboxylic acids is 1. The Morgan fingerprint density at radius 3 is 2.50 bits per heavy atom. The largest absolute Gasteiger partial charge is 0.300 e. The smallest absolute Gasteiger partial charge is 0.229 e. The second-order valence-corrected chi connectivity index (χ2v) is 5.54. The lowest BCUT2D eigenvalue weighted by Gasteiger charge is -2.10. The fourth-order valence-electron chi connectivity index (χ4n) is 1.96. The van der Waals surface area contributed by atoms with Gasteiger partial charge in [0, 0.05) is 23.0 Å². The lowest BCUT2D eigenvalue weighted by atomic mass is 10.0. The predicted octanol–water partition coefficient (Wildman–Crippen LogP) is 3.89. The number of carbonyl (C=O) groups is 1. The first-order chi connectivity index (χ1) is 9.63. The average Bonchev–Trinajstić information content (AvgIpc) is 2.89. The van der Waals surface area contributed by atoms with Gasteiger partial charge in [-0.05, 0) is 19.8 Å². The van der Waals surface area contributed by atoms with Crippen LogP contribution >= 0.6 is 11.5 Å². The molecule has 4 nitrogen and oxygen atoms in total. The molecule has 1 heterocycles. The average molecular weight is 289 g/mol. The van der Waals surface area contributed by atoms with Crippen LogP contribution in [0.1, 0.15) is 32.3 Å². The van der Waals surface area contributed by atoms with Gasteiger partial charge in [0.15, 0.2) is 5.82 Å². The highest BCUT2D eigenvalue weighted by Gasteiger charge is 2.16. The van der Waals surface area contributed by atoms with E-state index in [9.17, 15) is 4.79 Å². The maximum atomic E-state index is 12.0. The molecule has 0 spiro atoms. The molecule has 0 atom stereocenters. The van der Waals surface area contributed by atoms with Crippen LogP contribution in [0.2, 0.25) is 0 Å². The first kappa shape index (κ1) is 14.7. The van der Waals surface area contributed by atoms with Crippen molar-refractivity contribution in [3.8, 4) is 11.4 Å². The predicted molar refractivity (Wildman–Crippen MR) is 82.8 cm³/mol. The van der Waals surface area contributed by atoms with Crippen LogP contribution < -0.4 is 5.32 Å². The van der Waals surface area contributed by atoms with Crippen molar-refractivity contribution in [2.24, 2.45) is 5.92 Å². The van der Waals surface area contributed by atoms with E-state index in [2.05, 4.69) is 14.7 Å². The Labute approximate surface area is 123 Å². The third-order valence-corrected chi connectivity index (χ3v) is 3.95. The number of anilines is 1. The van der Waals surface area contributed by atoms with Gasteiger partial charge in [0.05, 0.1) is 0 Å². The molecule has 2 rings (SSSR count). The minimum absolute atomic E-state index is 0.0293. The van der Waals surface area contributed by atoms with E-state index in [4.69, 9.17) is 0 Å². The van der Waals surface area contributed by atoms with E-state index >= 15 is 0 Å². The van der Waals surface area contributed by atoms with E-state index in [1.807, 2.05) is 45.0 Å². The second-order valence-electron chi connectivity index (χ2n) is 4.79. The molecule has 0 saturated heterocycles. The minimum atomic E-state index is 0.0293. The lowest BCUT2D eigenvalue weighted by Crippen LogP contribution is -2.21. The van der Waals surface area contributed by atoms with E-state index in [0.29, 0.717) is 11.0 Å².